The zero-order valence-corrected chi connectivity index (χ0v) is 14.9. The Morgan fingerprint density at radius 3 is 2.56 bits per heavy atom. The van der Waals surface area contributed by atoms with Crippen molar-refractivity contribution in [2.75, 3.05) is 7.11 Å². The van der Waals surface area contributed by atoms with Gasteiger partial charge in [0.05, 0.1) is 18.7 Å². The molecule has 2 aromatic carbocycles. The maximum Gasteiger partial charge on any atom is 0.145 e. The van der Waals surface area contributed by atoms with Gasteiger partial charge in [0, 0.05) is 23.2 Å². The number of aromatic nitrogens is 2. The zero-order valence-electron chi connectivity index (χ0n) is 14.9. The van der Waals surface area contributed by atoms with E-state index in [0.29, 0.717) is 0 Å². The number of nitrogens with zero attached hydrogens (tertiary/aromatic N) is 2. The number of hydrogen-bond acceptors (Lipinski definition) is 2. The summed E-state index contributed by atoms with van der Waals surface area (Å²) < 4.78 is 7.90. The minimum absolute atomic E-state index is 0.251. The molecule has 0 saturated heterocycles. The van der Waals surface area contributed by atoms with E-state index in [-0.39, 0.29) is 6.04 Å². The van der Waals surface area contributed by atoms with E-state index in [1.165, 1.54) is 22.0 Å². The molecule has 2 aromatic heterocycles. The Kier molecular flexibility index (Phi) is 3.92. The van der Waals surface area contributed by atoms with E-state index in [4.69, 9.17) is 9.72 Å². The van der Waals surface area contributed by atoms with Crippen LogP contribution in [-0.4, -0.2) is 16.7 Å². The first-order valence-electron chi connectivity index (χ1n) is 8.74. The van der Waals surface area contributed by atoms with Gasteiger partial charge in [-0.2, -0.15) is 0 Å². The first kappa shape index (κ1) is 15.7. The molecule has 0 fully saturated rings. The third-order valence-electron chi connectivity index (χ3n) is 5.03. The highest BCUT2D eigenvalue weighted by Crippen LogP contribution is 2.35. The van der Waals surface area contributed by atoms with E-state index >= 15 is 0 Å². The van der Waals surface area contributed by atoms with Crippen molar-refractivity contribution in [3.8, 4) is 5.75 Å². The Bertz CT molecular complexity index is 1030. The minimum Gasteiger partial charge on any atom is -0.494 e. The number of pyridine rings is 1. The van der Waals surface area contributed by atoms with Crippen molar-refractivity contribution < 1.29 is 4.74 Å². The summed E-state index contributed by atoms with van der Waals surface area (Å²) in [5.74, 6) is 0.817. The molecule has 126 valence electrons. The van der Waals surface area contributed by atoms with E-state index in [0.717, 1.165) is 23.1 Å². The number of ether oxygens (including phenoxy) is 1. The molecule has 4 aromatic rings. The fraction of sp³-hybridized carbons (Fsp3) is 0.227. The van der Waals surface area contributed by atoms with Crippen LogP contribution in [0.3, 0.4) is 0 Å². The molecule has 0 saturated carbocycles. The Balaban J connectivity index is 2.05. The van der Waals surface area contributed by atoms with Gasteiger partial charge in [-0.25, -0.2) is 0 Å². The SMILES string of the molecule is CCc1cn(C(C)c2ccccc2)c2c1cnc1c(OC)cccc12. The lowest BCUT2D eigenvalue weighted by Crippen LogP contribution is -2.05. The lowest BCUT2D eigenvalue weighted by atomic mass is 10.1. The molecule has 0 spiro atoms. The molecule has 0 radical (unpaired) electrons. The highest BCUT2D eigenvalue weighted by Gasteiger charge is 2.17. The number of rotatable bonds is 4. The van der Waals surface area contributed by atoms with Crippen LogP contribution in [0, 0.1) is 0 Å². The van der Waals surface area contributed by atoms with Crippen molar-refractivity contribution in [2.24, 2.45) is 0 Å². The predicted molar refractivity (Wildman–Crippen MR) is 103 cm³/mol. The molecular weight excluding hydrogens is 308 g/mol. The van der Waals surface area contributed by atoms with Crippen molar-refractivity contribution in [3.63, 3.8) is 0 Å². The van der Waals surface area contributed by atoms with Crippen molar-refractivity contribution in [1.82, 2.24) is 9.55 Å². The van der Waals surface area contributed by atoms with Crippen LogP contribution in [0.4, 0.5) is 0 Å². The molecule has 3 nitrogen and oxygen atoms in total. The number of fused-ring (bicyclic) bond motifs is 3. The highest BCUT2D eigenvalue weighted by molar-refractivity contribution is 6.06. The zero-order chi connectivity index (χ0) is 17.4. The van der Waals surface area contributed by atoms with Crippen molar-refractivity contribution in [1.29, 1.82) is 0 Å². The Hall–Kier alpha value is -2.81. The smallest absolute Gasteiger partial charge is 0.145 e. The minimum atomic E-state index is 0.251. The third kappa shape index (κ3) is 2.47. The molecule has 0 aliphatic heterocycles. The molecular formula is C22H22N2O. The van der Waals surface area contributed by atoms with Gasteiger partial charge in [0.2, 0.25) is 0 Å². The number of methoxy groups -OCH3 is 1. The summed E-state index contributed by atoms with van der Waals surface area (Å²) in [6, 6.07) is 17.0. The van der Waals surface area contributed by atoms with Gasteiger partial charge in [-0.05, 0) is 30.5 Å². The van der Waals surface area contributed by atoms with Crippen LogP contribution in [0.25, 0.3) is 21.8 Å². The topological polar surface area (TPSA) is 27.1 Å². The summed E-state index contributed by atoms with van der Waals surface area (Å²) >= 11 is 0. The quantitative estimate of drug-likeness (QED) is 0.503. The average molecular weight is 330 g/mol. The van der Waals surface area contributed by atoms with Crippen LogP contribution in [-0.2, 0) is 6.42 Å². The maximum atomic E-state index is 5.52. The van der Waals surface area contributed by atoms with Crippen molar-refractivity contribution >= 4 is 21.8 Å². The molecule has 0 N–H and O–H groups in total. The van der Waals surface area contributed by atoms with Gasteiger partial charge in [-0.1, -0.05) is 49.4 Å². The summed E-state index contributed by atoms with van der Waals surface area (Å²) in [7, 11) is 1.70. The molecule has 4 rings (SSSR count). The first-order chi connectivity index (χ1) is 12.2. The van der Waals surface area contributed by atoms with Crippen LogP contribution >= 0.6 is 0 Å². The summed E-state index contributed by atoms with van der Waals surface area (Å²) in [6.45, 7) is 4.45. The lowest BCUT2D eigenvalue weighted by molar-refractivity contribution is 0.419. The Morgan fingerprint density at radius 2 is 1.84 bits per heavy atom. The van der Waals surface area contributed by atoms with Gasteiger partial charge < -0.3 is 9.30 Å². The largest absolute Gasteiger partial charge is 0.494 e. The van der Waals surface area contributed by atoms with Crippen LogP contribution in [0.2, 0.25) is 0 Å². The van der Waals surface area contributed by atoms with E-state index in [9.17, 15) is 0 Å². The molecule has 0 bridgehead atoms. The maximum absolute atomic E-state index is 5.52. The second kappa shape index (κ2) is 6.25. The molecule has 0 aliphatic rings. The fourth-order valence-corrected chi connectivity index (χ4v) is 3.64. The van der Waals surface area contributed by atoms with E-state index < -0.39 is 0 Å². The van der Waals surface area contributed by atoms with Gasteiger partial charge in [-0.15, -0.1) is 0 Å². The van der Waals surface area contributed by atoms with Gasteiger partial charge >= 0.3 is 0 Å². The lowest BCUT2D eigenvalue weighted by Gasteiger charge is -2.17. The molecule has 2 heterocycles. The predicted octanol–water partition coefficient (Wildman–Crippen LogP) is 5.37. The van der Waals surface area contributed by atoms with E-state index in [1.807, 2.05) is 18.3 Å². The van der Waals surface area contributed by atoms with Gasteiger partial charge in [0.25, 0.3) is 0 Å². The molecule has 1 atom stereocenters. The van der Waals surface area contributed by atoms with Crippen molar-refractivity contribution in [3.05, 3.63) is 72.1 Å². The number of benzene rings is 2. The van der Waals surface area contributed by atoms with Crippen LogP contribution in [0.5, 0.6) is 5.75 Å². The Morgan fingerprint density at radius 1 is 1.04 bits per heavy atom. The molecule has 3 heteroatoms. The Labute approximate surface area is 147 Å². The summed E-state index contributed by atoms with van der Waals surface area (Å²) in [5, 5.41) is 2.37. The first-order valence-corrected chi connectivity index (χ1v) is 8.74. The monoisotopic (exact) mass is 330 g/mol. The number of aryl methyl sites for hydroxylation is 1. The van der Waals surface area contributed by atoms with E-state index in [1.54, 1.807) is 7.11 Å². The summed E-state index contributed by atoms with van der Waals surface area (Å²) in [6.07, 6.45) is 5.26. The van der Waals surface area contributed by atoms with Crippen LogP contribution in [0.1, 0.15) is 31.0 Å². The number of hydrogen-bond donors (Lipinski definition) is 0. The molecule has 0 aliphatic carbocycles. The second-order valence-electron chi connectivity index (χ2n) is 6.38. The average Bonchev–Trinajstić information content (AvgIpc) is 3.06. The molecule has 1 unspecified atom stereocenters. The van der Waals surface area contributed by atoms with Crippen LogP contribution in [0.15, 0.2) is 60.9 Å². The third-order valence-corrected chi connectivity index (χ3v) is 5.03. The van der Waals surface area contributed by atoms with Gasteiger partial charge in [0.1, 0.15) is 11.3 Å². The van der Waals surface area contributed by atoms with Crippen LogP contribution < -0.4 is 4.74 Å². The normalized spacial score (nSPS) is 12.6. The number of para-hydroxylation sites is 1. The fourth-order valence-electron chi connectivity index (χ4n) is 3.64. The molecule has 25 heavy (non-hydrogen) atoms. The summed E-state index contributed by atoms with van der Waals surface area (Å²) in [4.78, 5) is 4.70. The van der Waals surface area contributed by atoms with E-state index in [2.05, 4.69) is 61.0 Å². The van der Waals surface area contributed by atoms with Gasteiger partial charge in [0.15, 0.2) is 0 Å². The van der Waals surface area contributed by atoms with Crippen molar-refractivity contribution in [2.45, 2.75) is 26.3 Å². The second-order valence-corrected chi connectivity index (χ2v) is 6.38. The van der Waals surface area contributed by atoms with Gasteiger partial charge in [-0.3, -0.25) is 4.98 Å². The highest BCUT2D eigenvalue weighted by atomic mass is 16.5. The standard InChI is InChI=1S/C22H22N2O/c1-4-16-14-24(15(2)17-9-6-5-7-10-17)22-18-11-8-12-20(25-3)21(18)23-13-19(16)22/h5-15H,4H2,1-3H3. The summed E-state index contributed by atoms with van der Waals surface area (Å²) in [5.41, 5.74) is 4.78. The molecule has 0 amide bonds.